The standard InChI is InChI=1S/C27H45O7P/c1-11-33-35(29,34-12-2)20(3)24(28)14-13-21-17-22(26(4,5)6)18-23(27(7,8)9)25(21)32-19-31-16-15-30-10/h13-14,17-18,20H,11-12,15-16,19H2,1-10H3. The maximum absolute atomic E-state index is 13.1. The van der Waals surface area contributed by atoms with E-state index in [-0.39, 0.29) is 36.6 Å². The molecule has 35 heavy (non-hydrogen) atoms. The average molecular weight is 513 g/mol. The number of methoxy groups -OCH3 is 1. The molecule has 0 N–H and O–H groups in total. The molecule has 0 radical (unpaired) electrons. The molecule has 0 spiro atoms. The van der Waals surface area contributed by atoms with Crippen LogP contribution in [0.4, 0.5) is 0 Å². The normalized spacial score (nSPS) is 13.9. The first-order chi connectivity index (χ1) is 16.2. The second-order valence-corrected chi connectivity index (χ2v) is 12.8. The van der Waals surface area contributed by atoms with E-state index in [1.807, 2.05) is 6.07 Å². The molecule has 0 saturated heterocycles. The molecule has 0 aliphatic carbocycles. The third-order valence-corrected chi connectivity index (χ3v) is 7.88. The number of carbonyl (C=O) groups excluding carboxylic acids is 1. The van der Waals surface area contributed by atoms with Crippen molar-refractivity contribution >= 4 is 19.5 Å². The highest BCUT2D eigenvalue weighted by Crippen LogP contribution is 2.53. The first-order valence-electron chi connectivity index (χ1n) is 12.2. The highest BCUT2D eigenvalue weighted by molar-refractivity contribution is 7.55. The smallest absolute Gasteiger partial charge is 0.341 e. The Hall–Kier alpha value is -1.50. The minimum Gasteiger partial charge on any atom is -0.467 e. The molecule has 0 fully saturated rings. The van der Waals surface area contributed by atoms with E-state index in [9.17, 15) is 9.36 Å². The summed E-state index contributed by atoms with van der Waals surface area (Å²) >= 11 is 0. The molecule has 1 rings (SSSR count). The van der Waals surface area contributed by atoms with E-state index in [0.717, 1.165) is 16.7 Å². The summed E-state index contributed by atoms with van der Waals surface area (Å²) in [4.78, 5) is 13.0. The highest BCUT2D eigenvalue weighted by Gasteiger charge is 2.36. The lowest BCUT2D eigenvalue weighted by Gasteiger charge is -2.29. The Morgan fingerprint density at radius 1 is 1.00 bits per heavy atom. The van der Waals surface area contributed by atoms with Crippen molar-refractivity contribution in [2.24, 2.45) is 0 Å². The number of allylic oxidation sites excluding steroid dienone is 1. The zero-order valence-corrected chi connectivity index (χ0v) is 24.1. The number of benzene rings is 1. The molecule has 0 saturated carbocycles. The second-order valence-electron chi connectivity index (χ2n) is 10.4. The zero-order chi connectivity index (χ0) is 26.9. The topological polar surface area (TPSA) is 80.3 Å². The van der Waals surface area contributed by atoms with Crippen LogP contribution in [-0.4, -0.2) is 51.8 Å². The van der Waals surface area contributed by atoms with Crippen LogP contribution in [0, 0.1) is 0 Å². The van der Waals surface area contributed by atoms with Crippen molar-refractivity contribution in [1.29, 1.82) is 0 Å². The first kappa shape index (κ1) is 31.5. The minimum atomic E-state index is -3.56. The van der Waals surface area contributed by atoms with Gasteiger partial charge in [0.25, 0.3) is 0 Å². The van der Waals surface area contributed by atoms with Gasteiger partial charge in [0, 0.05) is 18.2 Å². The molecule has 1 atom stereocenters. The maximum atomic E-state index is 13.1. The summed E-state index contributed by atoms with van der Waals surface area (Å²) in [5.74, 6) is 0.313. The Balaban J connectivity index is 3.48. The summed E-state index contributed by atoms with van der Waals surface area (Å²) in [7, 11) is -1.95. The van der Waals surface area contributed by atoms with Crippen molar-refractivity contribution in [2.75, 3.05) is 40.3 Å². The molecule has 0 aliphatic rings. The van der Waals surface area contributed by atoms with Crippen LogP contribution in [0.5, 0.6) is 5.75 Å². The van der Waals surface area contributed by atoms with Crippen LogP contribution in [0.25, 0.3) is 6.08 Å². The van der Waals surface area contributed by atoms with Crippen molar-refractivity contribution < 1.29 is 32.6 Å². The third-order valence-electron chi connectivity index (χ3n) is 5.44. The van der Waals surface area contributed by atoms with Gasteiger partial charge in [0.2, 0.25) is 0 Å². The predicted octanol–water partition coefficient (Wildman–Crippen LogP) is 6.52. The molecule has 1 unspecified atom stereocenters. The molecule has 200 valence electrons. The largest absolute Gasteiger partial charge is 0.467 e. The summed E-state index contributed by atoms with van der Waals surface area (Å²) < 4.78 is 40.5. The molecule has 1 aromatic carbocycles. The average Bonchev–Trinajstić information content (AvgIpc) is 2.75. The van der Waals surface area contributed by atoms with Crippen LogP contribution in [0.3, 0.4) is 0 Å². The lowest BCUT2D eigenvalue weighted by molar-refractivity contribution is -0.114. The molecule has 0 aliphatic heterocycles. The van der Waals surface area contributed by atoms with Gasteiger partial charge in [0.15, 0.2) is 12.6 Å². The lowest BCUT2D eigenvalue weighted by atomic mass is 9.79. The summed E-state index contributed by atoms with van der Waals surface area (Å²) in [5, 5.41) is 0. The van der Waals surface area contributed by atoms with E-state index in [1.54, 1.807) is 34.0 Å². The van der Waals surface area contributed by atoms with Gasteiger partial charge < -0.3 is 23.3 Å². The number of hydrogen-bond acceptors (Lipinski definition) is 7. The van der Waals surface area contributed by atoms with Gasteiger partial charge in [-0.05, 0) is 55.4 Å². The number of rotatable bonds is 14. The minimum absolute atomic E-state index is 0.0520. The molecule has 0 amide bonds. The Morgan fingerprint density at radius 2 is 1.60 bits per heavy atom. The van der Waals surface area contributed by atoms with Gasteiger partial charge in [0.1, 0.15) is 11.4 Å². The second kappa shape index (κ2) is 13.7. The summed E-state index contributed by atoms with van der Waals surface area (Å²) in [6.07, 6.45) is 3.15. The molecule has 8 heteroatoms. The fourth-order valence-corrected chi connectivity index (χ4v) is 4.96. The summed E-state index contributed by atoms with van der Waals surface area (Å²) in [6.45, 7) is 19.1. The fraction of sp³-hybridized carbons (Fsp3) is 0.667. The Bertz CT molecular complexity index is 884. The zero-order valence-electron chi connectivity index (χ0n) is 23.2. The summed E-state index contributed by atoms with van der Waals surface area (Å²) in [5.41, 5.74) is 1.61. The van der Waals surface area contributed by atoms with Gasteiger partial charge in [-0.25, -0.2) is 0 Å². The predicted molar refractivity (Wildman–Crippen MR) is 142 cm³/mol. The number of hydrogen-bond donors (Lipinski definition) is 0. The van der Waals surface area contributed by atoms with Crippen LogP contribution in [0.15, 0.2) is 18.2 Å². The maximum Gasteiger partial charge on any atom is 0.341 e. The van der Waals surface area contributed by atoms with E-state index in [4.69, 9.17) is 23.3 Å². The van der Waals surface area contributed by atoms with Crippen molar-refractivity contribution in [3.8, 4) is 5.75 Å². The van der Waals surface area contributed by atoms with Gasteiger partial charge in [-0.1, -0.05) is 47.6 Å². The monoisotopic (exact) mass is 512 g/mol. The van der Waals surface area contributed by atoms with E-state index in [0.29, 0.717) is 19.0 Å². The van der Waals surface area contributed by atoms with Crippen molar-refractivity contribution in [1.82, 2.24) is 0 Å². The highest BCUT2D eigenvalue weighted by atomic mass is 31.2. The Labute approximate surface area is 212 Å². The molecular formula is C27H45O7P. The first-order valence-corrected chi connectivity index (χ1v) is 13.8. The molecule has 1 aromatic rings. The SMILES string of the molecule is CCOP(=O)(OCC)C(C)C(=O)C=Cc1cc(C(C)(C)C)cc(C(C)(C)C)c1OCOCCOC. The number of ketones is 1. The molecule has 0 heterocycles. The summed E-state index contributed by atoms with van der Waals surface area (Å²) in [6, 6.07) is 4.18. The van der Waals surface area contributed by atoms with E-state index in [1.165, 1.54) is 6.08 Å². The number of carbonyl (C=O) groups is 1. The number of ether oxygens (including phenoxy) is 3. The molecule has 0 aromatic heterocycles. The molecular weight excluding hydrogens is 467 g/mol. The van der Waals surface area contributed by atoms with Crippen molar-refractivity contribution in [3.63, 3.8) is 0 Å². The van der Waals surface area contributed by atoms with E-state index < -0.39 is 13.3 Å². The van der Waals surface area contributed by atoms with Crippen molar-refractivity contribution in [2.45, 2.75) is 78.8 Å². The van der Waals surface area contributed by atoms with Crippen LogP contribution >= 0.6 is 7.60 Å². The Morgan fingerprint density at radius 3 is 2.09 bits per heavy atom. The van der Waals surface area contributed by atoms with Gasteiger partial charge in [-0.2, -0.15) is 0 Å². The van der Waals surface area contributed by atoms with Crippen molar-refractivity contribution in [3.05, 3.63) is 34.9 Å². The van der Waals surface area contributed by atoms with Crippen LogP contribution < -0.4 is 4.74 Å². The van der Waals surface area contributed by atoms with Gasteiger partial charge in [-0.3, -0.25) is 9.36 Å². The van der Waals surface area contributed by atoms with Gasteiger partial charge >= 0.3 is 7.60 Å². The van der Waals surface area contributed by atoms with Gasteiger partial charge in [0.05, 0.1) is 26.4 Å². The molecule has 0 bridgehead atoms. The molecule has 7 nitrogen and oxygen atoms in total. The van der Waals surface area contributed by atoms with Crippen LogP contribution in [0.2, 0.25) is 0 Å². The Kier molecular flexibility index (Phi) is 12.4. The van der Waals surface area contributed by atoms with Crippen LogP contribution in [-0.2, 0) is 38.7 Å². The lowest BCUT2D eigenvalue weighted by Crippen LogP contribution is -2.20. The van der Waals surface area contributed by atoms with E-state index in [2.05, 4.69) is 47.6 Å². The third kappa shape index (κ3) is 9.47. The quantitative estimate of drug-likeness (QED) is 0.122. The van der Waals surface area contributed by atoms with Gasteiger partial charge in [-0.15, -0.1) is 0 Å². The van der Waals surface area contributed by atoms with Crippen LogP contribution in [0.1, 0.15) is 79.0 Å². The van der Waals surface area contributed by atoms with E-state index >= 15 is 0 Å². The fourth-order valence-electron chi connectivity index (χ4n) is 3.32.